The van der Waals surface area contributed by atoms with Crippen molar-refractivity contribution in [3.05, 3.63) is 30.0 Å². The Kier molecular flexibility index (Phi) is 4.45. The molecule has 0 bridgehead atoms. The molecule has 23 heavy (non-hydrogen) atoms. The van der Waals surface area contributed by atoms with Crippen LogP contribution in [-0.2, 0) is 0 Å². The third kappa shape index (κ3) is 3.13. The average Bonchev–Trinajstić information content (AvgIpc) is 3.03. The average molecular weight is 315 g/mol. The number of carbonyl (C=O) groups is 2. The number of hydrogen-bond donors (Lipinski definition) is 2. The minimum atomic E-state index is -0.0870. The summed E-state index contributed by atoms with van der Waals surface area (Å²) in [6, 6.07) is 7.53. The van der Waals surface area contributed by atoms with Gasteiger partial charge in [-0.05, 0) is 12.5 Å². The van der Waals surface area contributed by atoms with Gasteiger partial charge in [0.15, 0.2) is 5.69 Å². The number of benzene rings is 1. The third-order valence-corrected chi connectivity index (χ3v) is 4.05. The van der Waals surface area contributed by atoms with Crippen molar-refractivity contribution in [1.29, 1.82) is 0 Å². The number of para-hydroxylation sites is 1. The van der Waals surface area contributed by atoms with Crippen LogP contribution in [0.3, 0.4) is 0 Å². The van der Waals surface area contributed by atoms with Crippen molar-refractivity contribution in [2.45, 2.75) is 13.3 Å². The van der Waals surface area contributed by atoms with E-state index in [4.69, 9.17) is 0 Å². The monoisotopic (exact) mass is 315 g/mol. The highest BCUT2D eigenvalue weighted by Gasteiger charge is 2.26. The molecule has 0 atom stereocenters. The first-order valence-electron chi connectivity index (χ1n) is 7.96. The third-order valence-electron chi connectivity index (χ3n) is 4.05. The predicted octanol–water partition coefficient (Wildman–Crippen LogP) is 1.44. The smallest absolute Gasteiger partial charge is 0.317 e. The fourth-order valence-corrected chi connectivity index (χ4v) is 2.73. The highest BCUT2D eigenvalue weighted by atomic mass is 16.2. The largest absolute Gasteiger partial charge is 0.338 e. The molecule has 1 aromatic carbocycles. The van der Waals surface area contributed by atoms with Crippen molar-refractivity contribution in [1.82, 2.24) is 25.3 Å². The normalized spacial score (nSPS) is 15.0. The molecule has 2 aromatic rings. The van der Waals surface area contributed by atoms with Gasteiger partial charge in [0.1, 0.15) is 0 Å². The number of carbonyl (C=O) groups excluding carboxylic acids is 2. The van der Waals surface area contributed by atoms with Crippen molar-refractivity contribution >= 4 is 22.8 Å². The maximum absolute atomic E-state index is 12.6. The summed E-state index contributed by atoms with van der Waals surface area (Å²) in [5.41, 5.74) is 1.30. The lowest BCUT2D eigenvalue weighted by atomic mass is 10.2. The summed E-state index contributed by atoms with van der Waals surface area (Å²) in [5, 5.41) is 10.7. The zero-order chi connectivity index (χ0) is 16.2. The van der Waals surface area contributed by atoms with Gasteiger partial charge in [0.25, 0.3) is 5.91 Å². The van der Waals surface area contributed by atoms with Crippen LogP contribution in [0.4, 0.5) is 4.79 Å². The fraction of sp³-hybridized carbons (Fsp3) is 0.438. The van der Waals surface area contributed by atoms with Gasteiger partial charge < -0.3 is 15.1 Å². The fourth-order valence-electron chi connectivity index (χ4n) is 2.73. The van der Waals surface area contributed by atoms with Gasteiger partial charge in [0.2, 0.25) is 0 Å². The van der Waals surface area contributed by atoms with E-state index in [9.17, 15) is 9.59 Å². The summed E-state index contributed by atoms with van der Waals surface area (Å²) in [5.74, 6) is -0.0870. The lowest BCUT2D eigenvalue weighted by molar-refractivity contribution is 0.0661. The summed E-state index contributed by atoms with van der Waals surface area (Å²) in [4.78, 5) is 28.1. The molecule has 0 unspecified atom stereocenters. The van der Waals surface area contributed by atoms with E-state index in [0.717, 1.165) is 17.3 Å². The van der Waals surface area contributed by atoms with E-state index in [1.165, 1.54) is 0 Å². The van der Waals surface area contributed by atoms with Gasteiger partial charge in [-0.25, -0.2) is 4.79 Å². The number of fused-ring (bicyclic) bond motifs is 1. The van der Waals surface area contributed by atoms with E-state index in [1.54, 1.807) is 9.80 Å². The van der Waals surface area contributed by atoms with E-state index in [1.807, 2.05) is 31.2 Å². The number of aromatic amines is 1. The van der Waals surface area contributed by atoms with E-state index in [-0.39, 0.29) is 11.9 Å². The summed E-state index contributed by atoms with van der Waals surface area (Å²) in [7, 11) is 0. The van der Waals surface area contributed by atoms with Gasteiger partial charge in [-0.2, -0.15) is 5.10 Å². The standard InChI is InChI=1S/C16H21N5O2/c1-2-7-17-16(23)21-10-8-20(9-11-21)15(22)14-12-5-3-4-6-13(12)18-19-14/h3-6H,2,7-11H2,1H3,(H,17,23)(H,18,19). The number of nitrogens with one attached hydrogen (secondary N) is 2. The number of H-pyrrole nitrogens is 1. The Hall–Kier alpha value is -2.57. The molecule has 0 spiro atoms. The highest BCUT2D eigenvalue weighted by molar-refractivity contribution is 6.04. The number of nitrogens with zero attached hydrogens (tertiary/aromatic N) is 3. The Bertz CT molecular complexity index is 703. The molecule has 1 aliphatic heterocycles. The van der Waals surface area contributed by atoms with E-state index in [2.05, 4.69) is 15.5 Å². The molecular weight excluding hydrogens is 294 g/mol. The molecule has 3 amide bonds. The zero-order valence-electron chi connectivity index (χ0n) is 13.2. The van der Waals surface area contributed by atoms with Gasteiger partial charge in [-0.1, -0.05) is 25.1 Å². The highest BCUT2D eigenvalue weighted by Crippen LogP contribution is 2.17. The Morgan fingerprint density at radius 3 is 2.61 bits per heavy atom. The lowest BCUT2D eigenvalue weighted by Gasteiger charge is -2.34. The number of amides is 3. The first-order chi connectivity index (χ1) is 11.2. The number of piperazine rings is 1. The van der Waals surface area contributed by atoms with Crippen molar-refractivity contribution in [3.8, 4) is 0 Å². The summed E-state index contributed by atoms with van der Waals surface area (Å²) in [6.07, 6.45) is 0.913. The first kappa shape index (κ1) is 15.3. The van der Waals surface area contributed by atoms with Crippen molar-refractivity contribution < 1.29 is 9.59 Å². The maximum Gasteiger partial charge on any atom is 0.317 e. The quantitative estimate of drug-likeness (QED) is 0.899. The molecule has 1 fully saturated rings. The Morgan fingerprint density at radius 2 is 1.87 bits per heavy atom. The number of urea groups is 1. The van der Waals surface area contributed by atoms with Crippen LogP contribution < -0.4 is 5.32 Å². The second-order valence-corrected chi connectivity index (χ2v) is 5.63. The minimum Gasteiger partial charge on any atom is -0.338 e. The SMILES string of the molecule is CCCNC(=O)N1CCN(C(=O)c2n[nH]c3ccccc23)CC1. The Morgan fingerprint density at radius 1 is 1.17 bits per heavy atom. The van der Waals surface area contributed by atoms with E-state index >= 15 is 0 Å². The second-order valence-electron chi connectivity index (χ2n) is 5.63. The summed E-state index contributed by atoms with van der Waals surface area (Å²) < 4.78 is 0. The van der Waals surface area contributed by atoms with Crippen LogP contribution in [0.5, 0.6) is 0 Å². The van der Waals surface area contributed by atoms with E-state index < -0.39 is 0 Å². The molecule has 7 heteroatoms. The minimum absolute atomic E-state index is 0.0517. The molecule has 122 valence electrons. The summed E-state index contributed by atoms with van der Waals surface area (Å²) in [6.45, 7) is 4.84. The molecule has 0 aliphatic carbocycles. The molecule has 7 nitrogen and oxygen atoms in total. The Balaban J connectivity index is 1.63. The zero-order valence-corrected chi connectivity index (χ0v) is 13.2. The number of hydrogen-bond acceptors (Lipinski definition) is 3. The summed E-state index contributed by atoms with van der Waals surface area (Å²) >= 11 is 0. The van der Waals surface area contributed by atoms with Crippen LogP contribution >= 0.6 is 0 Å². The van der Waals surface area contributed by atoms with Crippen LogP contribution in [0.25, 0.3) is 10.9 Å². The van der Waals surface area contributed by atoms with Crippen LogP contribution in [0.1, 0.15) is 23.8 Å². The van der Waals surface area contributed by atoms with Crippen LogP contribution in [0.15, 0.2) is 24.3 Å². The molecule has 1 aromatic heterocycles. The van der Waals surface area contributed by atoms with Crippen LogP contribution in [0, 0.1) is 0 Å². The van der Waals surface area contributed by atoms with Crippen LogP contribution in [0.2, 0.25) is 0 Å². The van der Waals surface area contributed by atoms with Crippen molar-refractivity contribution in [2.24, 2.45) is 0 Å². The van der Waals surface area contributed by atoms with Crippen molar-refractivity contribution in [2.75, 3.05) is 32.7 Å². The Labute approximate surface area is 134 Å². The van der Waals surface area contributed by atoms with Gasteiger partial charge in [-0.15, -0.1) is 0 Å². The molecule has 3 rings (SSSR count). The van der Waals surface area contributed by atoms with E-state index in [0.29, 0.717) is 38.4 Å². The lowest BCUT2D eigenvalue weighted by Crippen LogP contribution is -2.53. The van der Waals surface area contributed by atoms with Gasteiger partial charge in [0.05, 0.1) is 5.52 Å². The molecule has 0 radical (unpaired) electrons. The molecule has 0 saturated carbocycles. The molecule has 2 N–H and O–H groups in total. The first-order valence-corrected chi connectivity index (χ1v) is 7.96. The topological polar surface area (TPSA) is 81.3 Å². The van der Waals surface area contributed by atoms with Gasteiger partial charge >= 0.3 is 6.03 Å². The second kappa shape index (κ2) is 6.68. The van der Waals surface area contributed by atoms with Gasteiger partial charge in [0, 0.05) is 38.1 Å². The number of aromatic nitrogens is 2. The van der Waals surface area contributed by atoms with Gasteiger partial charge in [-0.3, -0.25) is 9.89 Å². The number of rotatable bonds is 3. The molecule has 2 heterocycles. The maximum atomic E-state index is 12.6. The van der Waals surface area contributed by atoms with Crippen LogP contribution in [-0.4, -0.2) is 64.7 Å². The molecule has 1 aliphatic rings. The molecular formula is C16H21N5O2. The molecule has 1 saturated heterocycles. The predicted molar refractivity (Wildman–Crippen MR) is 87.3 cm³/mol. The van der Waals surface area contributed by atoms with Crippen molar-refractivity contribution in [3.63, 3.8) is 0 Å².